The third-order valence-corrected chi connectivity index (χ3v) is 7.38. The summed E-state index contributed by atoms with van der Waals surface area (Å²) in [5.41, 5.74) is 6.45. The average molecular weight is 508 g/mol. The molecule has 0 saturated carbocycles. The maximum atomic E-state index is 5.17. The van der Waals surface area contributed by atoms with Gasteiger partial charge in [0, 0.05) is 22.8 Å². The molecule has 0 aliphatic rings. The maximum absolute atomic E-state index is 5.17. The Morgan fingerprint density at radius 1 is 0.553 bits per heavy atom. The summed E-state index contributed by atoms with van der Waals surface area (Å²) < 4.78 is 1.09. The van der Waals surface area contributed by atoms with Gasteiger partial charge in [-0.1, -0.05) is 78.1 Å². The minimum Gasteiger partial charge on any atom is -0.270 e. The number of hydrogen-bond donors (Lipinski definition) is 0. The van der Waals surface area contributed by atoms with E-state index in [0.717, 1.165) is 60.4 Å². The highest BCUT2D eigenvalue weighted by Gasteiger charge is 2.20. The Balaban J connectivity index is 1.38. The van der Waals surface area contributed by atoms with Crippen LogP contribution in [-0.4, -0.2) is 19.9 Å². The molecule has 4 aromatic heterocycles. The van der Waals surface area contributed by atoms with Crippen molar-refractivity contribution >= 4 is 49.1 Å². The van der Waals surface area contributed by atoms with Crippen LogP contribution in [0.3, 0.4) is 0 Å². The lowest BCUT2D eigenvalue weighted by Crippen LogP contribution is -2.11. The molecule has 5 nitrogen and oxygen atoms in total. The fourth-order valence-electron chi connectivity index (χ4n) is 4.58. The largest absolute Gasteiger partial charge is 0.270 e. The average Bonchev–Trinajstić information content (AvgIpc) is 3.42. The van der Waals surface area contributed by atoms with Gasteiger partial charge >= 0.3 is 0 Å². The Labute approximate surface area is 223 Å². The molecule has 3 aromatic carbocycles. The Morgan fingerprint density at radius 3 is 2.26 bits per heavy atom. The van der Waals surface area contributed by atoms with Gasteiger partial charge < -0.3 is 0 Å². The number of pyridine rings is 3. The fourth-order valence-corrected chi connectivity index (χ4v) is 5.60. The molecule has 0 aliphatic heterocycles. The van der Waals surface area contributed by atoms with Gasteiger partial charge in [-0.15, -0.1) is 0 Å². The predicted octanol–water partition coefficient (Wildman–Crippen LogP) is 8.44. The summed E-state index contributed by atoms with van der Waals surface area (Å²) in [6.07, 6.45) is 1.79. The minimum atomic E-state index is 0.781. The van der Waals surface area contributed by atoms with Gasteiger partial charge in [0.15, 0.2) is 5.13 Å². The summed E-state index contributed by atoms with van der Waals surface area (Å²) >= 11 is 1.64. The normalized spacial score (nSPS) is 11.2. The summed E-state index contributed by atoms with van der Waals surface area (Å²) in [5.74, 6) is 0.781. The molecule has 0 unspecified atom stereocenters. The number of rotatable bonds is 5. The van der Waals surface area contributed by atoms with E-state index in [1.54, 1.807) is 17.5 Å². The molecule has 180 valence electrons. The van der Waals surface area contributed by atoms with Crippen LogP contribution in [-0.2, 0) is 0 Å². The van der Waals surface area contributed by atoms with Gasteiger partial charge in [-0.2, -0.15) is 0 Å². The van der Waals surface area contributed by atoms with Crippen LogP contribution in [0.1, 0.15) is 0 Å². The summed E-state index contributed by atoms with van der Waals surface area (Å²) in [6, 6.07) is 40.7. The number of anilines is 3. The second kappa shape index (κ2) is 9.50. The second-order valence-corrected chi connectivity index (χ2v) is 9.81. The van der Waals surface area contributed by atoms with Crippen molar-refractivity contribution in [1.82, 2.24) is 19.9 Å². The van der Waals surface area contributed by atoms with E-state index < -0.39 is 0 Å². The topological polar surface area (TPSA) is 54.8 Å². The predicted molar refractivity (Wildman–Crippen MR) is 156 cm³/mol. The van der Waals surface area contributed by atoms with Gasteiger partial charge in [0.05, 0.1) is 32.8 Å². The van der Waals surface area contributed by atoms with Gasteiger partial charge in [-0.3, -0.25) is 9.88 Å². The quantitative estimate of drug-likeness (QED) is 0.234. The van der Waals surface area contributed by atoms with Gasteiger partial charge in [-0.05, 0) is 54.6 Å². The summed E-state index contributed by atoms with van der Waals surface area (Å²) in [5, 5.41) is 1.96. The number of fused-ring (bicyclic) bond motifs is 2. The third kappa shape index (κ3) is 4.07. The van der Waals surface area contributed by atoms with Crippen molar-refractivity contribution in [2.75, 3.05) is 4.90 Å². The molecule has 0 atom stereocenters. The van der Waals surface area contributed by atoms with Crippen LogP contribution in [0.4, 0.5) is 16.6 Å². The molecule has 7 rings (SSSR count). The molecule has 0 amide bonds. The molecular weight excluding hydrogens is 486 g/mol. The molecule has 6 heteroatoms. The second-order valence-electron chi connectivity index (χ2n) is 8.80. The number of aromatic nitrogens is 4. The van der Waals surface area contributed by atoms with Crippen molar-refractivity contribution in [3.05, 3.63) is 128 Å². The van der Waals surface area contributed by atoms with Gasteiger partial charge in [0.25, 0.3) is 0 Å². The number of para-hydroxylation sites is 3. The molecule has 0 spiro atoms. The molecule has 0 fully saturated rings. The first-order valence-electron chi connectivity index (χ1n) is 12.3. The molecule has 0 aliphatic carbocycles. The molecule has 38 heavy (non-hydrogen) atoms. The van der Waals surface area contributed by atoms with Crippen molar-refractivity contribution in [3.63, 3.8) is 0 Å². The molecule has 4 heterocycles. The Morgan fingerprint density at radius 2 is 1.37 bits per heavy atom. The van der Waals surface area contributed by atoms with Gasteiger partial charge in [-0.25, -0.2) is 15.0 Å². The first kappa shape index (κ1) is 22.3. The number of hydrogen-bond acceptors (Lipinski definition) is 6. The van der Waals surface area contributed by atoms with Crippen molar-refractivity contribution in [3.8, 4) is 22.6 Å². The summed E-state index contributed by atoms with van der Waals surface area (Å²) in [6.45, 7) is 0. The van der Waals surface area contributed by atoms with Crippen LogP contribution in [0.2, 0.25) is 0 Å². The minimum absolute atomic E-state index is 0.781. The molecule has 0 bridgehead atoms. The third-order valence-electron chi connectivity index (χ3n) is 6.38. The lowest BCUT2D eigenvalue weighted by Gasteiger charge is -2.21. The Hall–Kier alpha value is -4.94. The van der Waals surface area contributed by atoms with E-state index >= 15 is 0 Å². The highest BCUT2D eigenvalue weighted by Crippen LogP contribution is 2.41. The van der Waals surface area contributed by atoms with E-state index in [1.807, 2.05) is 72.8 Å². The van der Waals surface area contributed by atoms with Crippen molar-refractivity contribution in [2.24, 2.45) is 0 Å². The van der Waals surface area contributed by atoms with Crippen molar-refractivity contribution in [1.29, 1.82) is 0 Å². The maximum Gasteiger partial charge on any atom is 0.196 e. The lowest BCUT2D eigenvalue weighted by atomic mass is 10.1. The number of nitrogens with zero attached hydrogens (tertiary/aromatic N) is 5. The van der Waals surface area contributed by atoms with Crippen molar-refractivity contribution in [2.45, 2.75) is 0 Å². The van der Waals surface area contributed by atoms with Crippen LogP contribution >= 0.6 is 11.3 Å². The fraction of sp³-hybridized carbons (Fsp3) is 0. The molecule has 0 N–H and O–H groups in total. The first-order valence-corrected chi connectivity index (χ1v) is 13.1. The van der Waals surface area contributed by atoms with Crippen LogP contribution in [0.25, 0.3) is 43.8 Å². The van der Waals surface area contributed by atoms with E-state index in [2.05, 4.69) is 58.4 Å². The Bertz CT molecular complexity index is 1880. The van der Waals surface area contributed by atoms with Gasteiger partial charge in [0.1, 0.15) is 5.82 Å². The van der Waals surface area contributed by atoms with Crippen LogP contribution in [0, 0.1) is 0 Å². The zero-order valence-electron chi connectivity index (χ0n) is 20.3. The Kier molecular flexibility index (Phi) is 5.57. The zero-order valence-corrected chi connectivity index (χ0v) is 21.1. The van der Waals surface area contributed by atoms with Crippen LogP contribution < -0.4 is 4.90 Å². The standard InChI is InChI=1S/C32H21N5S/c1-2-11-23(12-3-1)37(30-18-9-16-28(35-30)27-15-6-7-21-33-27)32-36-31-24(13-8-17-29(31)38-32)26-20-19-22-10-4-5-14-25(22)34-26/h1-21H. The summed E-state index contributed by atoms with van der Waals surface area (Å²) in [4.78, 5) is 21.7. The summed E-state index contributed by atoms with van der Waals surface area (Å²) in [7, 11) is 0. The monoisotopic (exact) mass is 507 g/mol. The van der Waals surface area contributed by atoms with Crippen molar-refractivity contribution < 1.29 is 0 Å². The molecule has 0 radical (unpaired) electrons. The first-order chi connectivity index (χ1) is 18.8. The van der Waals surface area contributed by atoms with E-state index in [0.29, 0.717) is 0 Å². The number of thiazole rings is 1. The van der Waals surface area contributed by atoms with Crippen LogP contribution in [0.5, 0.6) is 0 Å². The molecular formula is C32H21N5S. The molecule has 0 saturated heterocycles. The highest BCUT2D eigenvalue weighted by molar-refractivity contribution is 7.22. The van der Waals surface area contributed by atoms with Gasteiger partial charge in [0.2, 0.25) is 0 Å². The van der Waals surface area contributed by atoms with E-state index in [1.165, 1.54) is 0 Å². The SMILES string of the molecule is c1ccc(N(c2cccc(-c3ccccn3)n2)c2nc3c(-c4ccc5ccccc5n4)cccc3s2)cc1. The van der Waals surface area contributed by atoms with E-state index in [-0.39, 0.29) is 0 Å². The van der Waals surface area contributed by atoms with E-state index in [4.69, 9.17) is 15.0 Å². The lowest BCUT2D eigenvalue weighted by molar-refractivity contribution is 1.15. The van der Waals surface area contributed by atoms with E-state index in [9.17, 15) is 0 Å². The highest BCUT2D eigenvalue weighted by atomic mass is 32.1. The van der Waals surface area contributed by atoms with Crippen LogP contribution in [0.15, 0.2) is 128 Å². The zero-order chi connectivity index (χ0) is 25.3. The smallest absolute Gasteiger partial charge is 0.196 e. The number of benzene rings is 3. The molecule has 7 aromatic rings.